The second kappa shape index (κ2) is 7.67. The number of hydrogen-bond donors (Lipinski definition) is 2. The first-order valence-electron chi connectivity index (χ1n) is 9.81. The molecule has 0 spiro atoms. The summed E-state index contributed by atoms with van der Waals surface area (Å²) < 4.78 is 32.2. The van der Waals surface area contributed by atoms with E-state index in [-0.39, 0.29) is 23.2 Å². The molecule has 160 valence electrons. The summed E-state index contributed by atoms with van der Waals surface area (Å²) in [6.07, 6.45) is 4.49. The monoisotopic (exact) mass is 440 g/mol. The van der Waals surface area contributed by atoms with Crippen LogP contribution >= 0.6 is 0 Å². The van der Waals surface area contributed by atoms with Crippen LogP contribution in [0.2, 0.25) is 0 Å². The van der Waals surface area contributed by atoms with Crippen LogP contribution in [0.15, 0.2) is 58.2 Å². The predicted octanol–water partition coefficient (Wildman–Crippen LogP) is 1.44. The van der Waals surface area contributed by atoms with Crippen molar-refractivity contribution in [2.45, 2.75) is 11.4 Å². The highest BCUT2D eigenvalue weighted by molar-refractivity contribution is 7.93. The van der Waals surface area contributed by atoms with Gasteiger partial charge in [0.1, 0.15) is 0 Å². The van der Waals surface area contributed by atoms with Gasteiger partial charge in [-0.25, -0.2) is 17.7 Å². The van der Waals surface area contributed by atoms with Gasteiger partial charge in [-0.15, -0.1) is 0 Å². The average molecular weight is 440 g/mol. The Morgan fingerprint density at radius 2 is 1.94 bits per heavy atom. The number of fused-ring (bicyclic) bond motifs is 1. The molecule has 0 atom stereocenters. The number of amides is 1. The van der Waals surface area contributed by atoms with Crippen LogP contribution in [0.4, 0.5) is 17.3 Å². The molecule has 2 aliphatic rings. The molecular weight excluding hydrogens is 420 g/mol. The minimum Gasteiger partial charge on any atom is -0.415 e. The van der Waals surface area contributed by atoms with Crippen LogP contribution in [-0.2, 0) is 16.6 Å². The van der Waals surface area contributed by atoms with Crippen LogP contribution in [0.3, 0.4) is 0 Å². The molecule has 2 N–H and O–H groups in total. The van der Waals surface area contributed by atoms with Crippen molar-refractivity contribution in [3.05, 3.63) is 60.4 Å². The van der Waals surface area contributed by atoms with E-state index in [9.17, 15) is 13.2 Å². The maximum absolute atomic E-state index is 12.8. The number of piperazine rings is 1. The Kier molecular flexibility index (Phi) is 4.83. The Hall–Kier alpha value is -3.44. The van der Waals surface area contributed by atoms with Crippen molar-refractivity contribution < 1.29 is 17.6 Å². The SMILES string of the molecule is O=C(Nc1cnccc1N1CCNCC1)c1ncc(N2Cc3ccccc3S2(=O)=O)o1. The van der Waals surface area contributed by atoms with Gasteiger partial charge in [0.15, 0.2) is 0 Å². The quantitative estimate of drug-likeness (QED) is 0.625. The Bertz CT molecular complexity index is 1240. The van der Waals surface area contributed by atoms with Crippen LogP contribution in [0.1, 0.15) is 16.2 Å². The molecule has 31 heavy (non-hydrogen) atoms. The van der Waals surface area contributed by atoms with E-state index in [1.807, 2.05) is 6.07 Å². The molecule has 0 aliphatic carbocycles. The molecule has 1 amide bonds. The molecule has 5 rings (SSSR count). The lowest BCUT2D eigenvalue weighted by Crippen LogP contribution is -2.43. The number of carbonyl (C=O) groups is 1. The Morgan fingerprint density at radius 3 is 2.74 bits per heavy atom. The first kappa shape index (κ1) is 19.5. The largest absolute Gasteiger partial charge is 0.415 e. The average Bonchev–Trinajstić information content (AvgIpc) is 3.38. The number of pyridine rings is 1. The number of nitrogens with one attached hydrogen (secondary N) is 2. The topological polar surface area (TPSA) is 121 Å². The Labute approximate surface area is 178 Å². The summed E-state index contributed by atoms with van der Waals surface area (Å²) in [5, 5.41) is 6.07. The summed E-state index contributed by atoms with van der Waals surface area (Å²) in [7, 11) is -3.75. The summed E-state index contributed by atoms with van der Waals surface area (Å²) in [6, 6.07) is 8.59. The third kappa shape index (κ3) is 3.51. The van der Waals surface area contributed by atoms with Gasteiger partial charge in [-0.2, -0.15) is 0 Å². The van der Waals surface area contributed by atoms with Crippen LogP contribution in [0, 0.1) is 0 Å². The highest BCUT2D eigenvalue weighted by Gasteiger charge is 2.37. The lowest BCUT2D eigenvalue weighted by Gasteiger charge is -2.30. The molecule has 1 aromatic carbocycles. The normalized spacial score (nSPS) is 17.4. The summed E-state index contributed by atoms with van der Waals surface area (Å²) in [4.78, 5) is 23.2. The van der Waals surface area contributed by atoms with E-state index < -0.39 is 15.9 Å². The fourth-order valence-corrected chi connectivity index (χ4v) is 5.35. The highest BCUT2D eigenvalue weighted by atomic mass is 32.2. The first-order valence-corrected chi connectivity index (χ1v) is 11.3. The number of nitrogens with zero attached hydrogens (tertiary/aromatic N) is 4. The zero-order valence-corrected chi connectivity index (χ0v) is 17.3. The van der Waals surface area contributed by atoms with Crippen LogP contribution in [0.5, 0.6) is 0 Å². The molecule has 1 fully saturated rings. The number of hydrogen-bond acceptors (Lipinski definition) is 8. The zero-order valence-electron chi connectivity index (χ0n) is 16.5. The summed E-state index contributed by atoms with van der Waals surface area (Å²) in [5.41, 5.74) is 2.06. The van der Waals surface area contributed by atoms with E-state index in [2.05, 4.69) is 25.5 Å². The molecule has 0 radical (unpaired) electrons. The molecule has 10 nitrogen and oxygen atoms in total. The molecule has 3 aromatic rings. The van der Waals surface area contributed by atoms with Crippen molar-refractivity contribution in [3.63, 3.8) is 0 Å². The fourth-order valence-electron chi connectivity index (χ4n) is 3.77. The van der Waals surface area contributed by atoms with Crippen molar-refractivity contribution in [2.75, 3.05) is 40.7 Å². The molecular formula is C20H20N6O4S. The molecule has 2 aliphatic heterocycles. The third-order valence-corrected chi connectivity index (χ3v) is 7.14. The van der Waals surface area contributed by atoms with E-state index in [4.69, 9.17) is 4.42 Å². The van der Waals surface area contributed by atoms with E-state index in [0.717, 1.165) is 36.2 Å². The maximum Gasteiger partial charge on any atom is 0.311 e. The standard InChI is InChI=1S/C20H20N6O4S/c27-19(24-15-11-22-6-5-16(15)25-9-7-21-8-10-25)20-23-12-18(30-20)26-13-14-3-1-2-4-17(14)31(26,28)29/h1-6,11-12,21H,7-10,13H2,(H,24,27). The van der Waals surface area contributed by atoms with Gasteiger partial charge in [-0.1, -0.05) is 18.2 Å². The third-order valence-electron chi connectivity index (χ3n) is 5.29. The van der Waals surface area contributed by atoms with Crippen molar-refractivity contribution in [2.24, 2.45) is 0 Å². The van der Waals surface area contributed by atoms with Crippen molar-refractivity contribution in [1.29, 1.82) is 0 Å². The lowest BCUT2D eigenvalue weighted by molar-refractivity contribution is 0.0991. The number of oxazole rings is 1. The van der Waals surface area contributed by atoms with E-state index >= 15 is 0 Å². The zero-order chi connectivity index (χ0) is 21.4. The van der Waals surface area contributed by atoms with Crippen molar-refractivity contribution in [1.82, 2.24) is 15.3 Å². The van der Waals surface area contributed by atoms with E-state index in [1.54, 1.807) is 36.7 Å². The van der Waals surface area contributed by atoms with Gasteiger partial charge < -0.3 is 20.0 Å². The van der Waals surface area contributed by atoms with Gasteiger partial charge in [0.25, 0.3) is 15.9 Å². The second-order valence-corrected chi connectivity index (χ2v) is 9.04. The Balaban J connectivity index is 1.36. The fraction of sp³-hybridized carbons (Fsp3) is 0.250. The highest BCUT2D eigenvalue weighted by Crippen LogP contribution is 2.34. The van der Waals surface area contributed by atoms with Gasteiger partial charge in [0.05, 0.1) is 35.2 Å². The van der Waals surface area contributed by atoms with Gasteiger partial charge in [0.2, 0.25) is 5.88 Å². The smallest absolute Gasteiger partial charge is 0.311 e. The molecule has 1 saturated heterocycles. The Morgan fingerprint density at radius 1 is 1.13 bits per heavy atom. The summed E-state index contributed by atoms with van der Waals surface area (Å²) >= 11 is 0. The van der Waals surface area contributed by atoms with Gasteiger partial charge >= 0.3 is 5.91 Å². The molecule has 0 saturated carbocycles. The number of sulfonamides is 1. The number of anilines is 3. The van der Waals surface area contributed by atoms with E-state index in [1.165, 1.54) is 6.20 Å². The number of benzene rings is 1. The number of rotatable bonds is 4. The summed E-state index contributed by atoms with van der Waals surface area (Å²) in [6.45, 7) is 3.45. The minimum atomic E-state index is -3.75. The number of aromatic nitrogens is 2. The molecule has 0 unspecified atom stereocenters. The molecule has 11 heteroatoms. The lowest BCUT2D eigenvalue weighted by atomic mass is 10.2. The van der Waals surface area contributed by atoms with Gasteiger partial charge in [0, 0.05) is 32.4 Å². The van der Waals surface area contributed by atoms with Gasteiger partial charge in [-0.3, -0.25) is 9.78 Å². The van der Waals surface area contributed by atoms with Gasteiger partial charge in [-0.05, 0) is 17.7 Å². The number of carbonyl (C=O) groups excluding carboxylic acids is 1. The van der Waals surface area contributed by atoms with Crippen molar-refractivity contribution in [3.8, 4) is 0 Å². The summed E-state index contributed by atoms with van der Waals surface area (Å²) in [5.74, 6) is -0.809. The molecule has 2 aromatic heterocycles. The van der Waals surface area contributed by atoms with Crippen LogP contribution < -0.4 is 19.8 Å². The molecule has 4 heterocycles. The minimum absolute atomic E-state index is 0.00475. The van der Waals surface area contributed by atoms with Crippen LogP contribution in [-0.4, -0.2) is 50.5 Å². The van der Waals surface area contributed by atoms with Crippen LogP contribution in [0.25, 0.3) is 0 Å². The predicted molar refractivity (Wildman–Crippen MR) is 114 cm³/mol. The van der Waals surface area contributed by atoms with Crippen molar-refractivity contribution >= 4 is 33.2 Å². The van der Waals surface area contributed by atoms with E-state index in [0.29, 0.717) is 11.3 Å². The molecule has 0 bridgehead atoms. The second-order valence-electron chi connectivity index (χ2n) is 7.21. The maximum atomic E-state index is 12.8. The first-order chi connectivity index (χ1) is 15.0.